The number of aromatic nitrogens is 5. The van der Waals surface area contributed by atoms with Crippen molar-refractivity contribution in [1.29, 1.82) is 0 Å². The molecule has 1 aliphatic carbocycles. The smallest absolute Gasteiger partial charge is 0.177 e. The van der Waals surface area contributed by atoms with E-state index in [1.165, 1.54) is 17.5 Å². The van der Waals surface area contributed by atoms with Gasteiger partial charge < -0.3 is 4.74 Å². The van der Waals surface area contributed by atoms with Crippen LogP contribution < -0.4 is 0 Å². The highest BCUT2D eigenvalue weighted by atomic mass is 16.5. The van der Waals surface area contributed by atoms with Crippen molar-refractivity contribution in [3.8, 4) is 5.69 Å². The Morgan fingerprint density at radius 3 is 2.88 bits per heavy atom. The lowest BCUT2D eigenvalue weighted by molar-refractivity contribution is 0.178. The summed E-state index contributed by atoms with van der Waals surface area (Å²) in [6.07, 6.45) is 5.43. The van der Waals surface area contributed by atoms with Gasteiger partial charge in [0.2, 0.25) is 0 Å². The molecule has 0 atom stereocenters. The number of methoxy groups -OCH3 is 1. The first-order valence-corrected chi connectivity index (χ1v) is 8.29. The summed E-state index contributed by atoms with van der Waals surface area (Å²) >= 11 is 0. The third-order valence-electron chi connectivity index (χ3n) is 4.42. The van der Waals surface area contributed by atoms with Crippen LogP contribution in [0.25, 0.3) is 5.69 Å². The number of aryl methyl sites for hydroxylation is 2. The number of rotatable bonds is 5. The van der Waals surface area contributed by atoms with E-state index in [4.69, 9.17) is 9.84 Å². The highest BCUT2D eigenvalue weighted by molar-refractivity contribution is 5.48. The molecule has 2 aromatic heterocycles. The summed E-state index contributed by atoms with van der Waals surface area (Å²) in [5.41, 5.74) is 4.96. The van der Waals surface area contributed by atoms with E-state index in [1.54, 1.807) is 7.11 Å². The molecule has 6 heteroatoms. The number of hydrogen-bond acceptors (Lipinski definition) is 4. The van der Waals surface area contributed by atoms with Crippen molar-refractivity contribution >= 4 is 0 Å². The van der Waals surface area contributed by atoms with Crippen LogP contribution in [0.3, 0.4) is 0 Å². The summed E-state index contributed by atoms with van der Waals surface area (Å²) < 4.78 is 9.08. The second kappa shape index (κ2) is 6.20. The first kappa shape index (κ1) is 15.1. The Morgan fingerprint density at radius 1 is 1.17 bits per heavy atom. The standard InChI is InChI=1S/C18H21N5O/c1-13-9-10-22(20-13)11-18-19-17(12-24-2)21-23(18)16-8-4-6-14-5-3-7-15(14)16/h4,6,8-10H,3,5,7,11-12H2,1-2H3. The molecular formula is C18H21N5O. The van der Waals surface area contributed by atoms with Gasteiger partial charge in [0.15, 0.2) is 11.6 Å². The summed E-state index contributed by atoms with van der Waals surface area (Å²) in [4.78, 5) is 4.67. The maximum atomic E-state index is 5.22. The van der Waals surface area contributed by atoms with Crippen molar-refractivity contribution in [2.75, 3.05) is 7.11 Å². The highest BCUT2D eigenvalue weighted by Gasteiger charge is 2.19. The van der Waals surface area contributed by atoms with Gasteiger partial charge in [-0.3, -0.25) is 4.68 Å². The Hall–Kier alpha value is -2.47. The monoisotopic (exact) mass is 323 g/mol. The van der Waals surface area contributed by atoms with Gasteiger partial charge in [-0.25, -0.2) is 9.67 Å². The number of fused-ring (bicyclic) bond motifs is 1. The van der Waals surface area contributed by atoms with Crippen LogP contribution in [-0.2, 0) is 30.7 Å². The Bertz CT molecular complexity index is 864. The van der Waals surface area contributed by atoms with Crippen molar-refractivity contribution in [1.82, 2.24) is 24.5 Å². The summed E-state index contributed by atoms with van der Waals surface area (Å²) in [5.74, 6) is 1.58. The fraction of sp³-hybridized carbons (Fsp3) is 0.389. The van der Waals surface area contributed by atoms with Crippen molar-refractivity contribution < 1.29 is 4.74 Å². The summed E-state index contributed by atoms with van der Waals surface area (Å²) in [7, 11) is 1.66. The third-order valence-corrected chi connectivity index (χ3v) is 4.42. The van der Waals surface area contributed by atoms with E-state index in [9.17, 15) is 0 Å². The molecule has 24 heavy (non-hydrogen) atoms. The van der Waals surface area contributed by atoms with E-state index in [2.05, 4.69) is 28.3 Å². The molecular weight excluding hydrogens is 302 g/mol. The number of hydrogen-bond donors (Lipinski definition) is 0. The number of benzene rings is 1. The maximum Gasteiger partial charge on any atom is 0.177 e. The molecule has 0 N–H and O–H groups in total. The lowest BCUT2D eigenvalue weighted by atomic mass is 10.1. The average Bonchev–Trinajstić information content (AvgIpc) is 3.28. The van der Waals surface area contributed by atoms with Gasteiger partial charge in [-0.1, -0.05) is 12.1 Å². The number of nitrogens with zero attached hydrogens (tertiary/aromatic N) is 5. The molecule has 124 valence electrons. The molecule has 6 nitrogen and oxygen atoms in total. The zero-order valence-electron chi connectivity index (χ0n) is 14.1. The Kier molecular flexibility index (Phi) is 3.90. The van der Waals surface area contributed by atoms with Gasteiger partial charge >= 0.3 is 0 Å². The summed E-state index contributed by atoms with van der Waals surface area (Å²) in [6.45, 7) is 2.99. The predicted octanol–water partition coefficient (Wildman–Crippen LogP) is 2.46. The van der Waals surface area contributed by atoms with Crippen LogP contribution in [0.15, 0.2) is 30.5 Å². The van der Waals surface area contributed by atoms with E-state index in [-0.39, 0.29) is 0 Å². The minimum Gasteiger partial charge on any atom is -0.377 e. The second-order valence-electron chi connectivity index (χ2n) is 6.21. The normalized spacial score (nSPS) is 13.4. The molecule has 0 saturated heterocycles. The lowest BCUT2D eigenvalue weighted by Crippen LogP contribution is -2.10. The van der Waals surface area contributed by atoms with Gasteiger partial charge in [-0.15, -0.1) is 5.10 Å². The van der Waals surface area contributed by atoms with Gasteiger partial charge in [0.25, 0.3) is 0 Å². The first-order valence-electron chi connectivity index (χ1n) is 8.29. The van der Waals surface area contributed by atoms with Crippen LogP contribution in [-0.4, -0.2) is 31.7 Å². The quantitative estimate of drug-likeness (QED) is 0.724. The Balaban J connectivity index is 1.77. The van der Waals surface area contributed by atoms with Crippen LogP contribution in [0.4, 0.5) is 0 Å². The van der Waals surface area contributed by atoms with Crippen LogP contribution in [0.1, 0.15) is 34.9 Å². The van der Waals surface area contributed by atoms with Gasteiger partial charge in [-0.2, -0.15) is 5.10 Å². The van der Waals surface area contributed by atoms with Gasteiger partial charge in [0.1, 0.15) is 13.2 Å². The molecule has 3 aromatic rings. The van der Waals surface area contributed by atoms with Crippen molar-refractivity contribution in [2.45, 2.75) is 39.3 Å². The van der Waals surface area contributed by atoms with Gasteiger partial charge in [0, 0.05) is 13.3 Å². The van der Waals surface area contributed by atoms with Crippen LogP contribution in [0.5, 0.6) is 0 Å². The minimum atomic E-state index is 0.410. The third kappa shape index (κ3) is 2.73. The first-order chi connectivity index (χ1) is 11.7. The second-order valence-corrected chi connectivity index (χ2v) is 6.21. The molecule has 1 aromatic carbocycles. The van der Waals surface area contributed by atoms with Crippen LogP contribution in [0.2, 0.25) is 0 Å². The predicted molar refractivity (Wildman–Crippen MR) is 90.2 cm³/mol. The zero-order chi connectivity index (χ0) is 16.5. The minimum absolute atomic E-state index is 0.410. The van der Waals surface area contributed by atoms with E-state index in [1.807, 2.05) is 28.6 Å². The fourth-order valence-corrected chi connectivity index (χ4v) is 3.37. The zero-order valence-corrected chi connectivity index (χ0v) is 14.1. The van der Waals surface area contributed by atoms with Crippen LogP contribution >= 0.6 is 0 Å². The fourth-order valence-electron chi connectivity index (χ4n) is 3.37. The highest BCUT2D eigenvalue weighted by Crippen LogP contribution is 2.28. The summed E-state index contributed by atoms with van der Waals surface area (Å²) in [6, 6.07) is 8.46. The average molecular weight is 323 g/mol. The van der Waals surface area contributed by atoms with E-state index >= 15 is 0 Å². The number of ether oxygens (including phenoxy) is 1. The molecule has 0 spiro atoms. The van der Waals surface area contributed by atoms with Crippen molar-refractivity contribution in [3.05, 3.63) is 58.9 Å². The van der Waals surface area contributed by atoms with Gasteiger partial charge in [-0.05, 0) is 49.4 Å². The Morgan fingerprint density at radius 2 is 2.08 bits per heavy atom. The molecule has 0 bridgehead atoms. The van der Waals surface area contributed by atoms with Crippen LogP contribution in [0, 0.1) is 6.92 Å². The SMILES string of the molecule is COCc1nc(Cn2ccc(C)n2)n(-c2cccc3c2CCC3)n1. The molecule has 0 saturated carbocycles. The molecule has 1 aliphatic rings. The molecule has 0 fully saturated rings. The molecule has 0 radical (unpaired) electrons. The molecule has 0 aliphatic heterocycles. The van der Waals surface area contributed by atoms with E-state index in [0.29, 0.717) is 19.0 Å². The molecule has 0 amide bonds. The Labute approximate surface area is 141 Å². The molecule has 0 unspecified atom stereocenters. The van der Waals surface area contributed by atoms with E-state index in [0.717, 1.165) is 30.0 Å². The van der Waals surface area contributed by atoms with Crippen molar-refractivity contribution in [3.63, 3.8) is 0 Å². The maximum absolute atomic E-state index is 5.22. The van der Waals surface area contributed by atoms with E-state index < -0.39 is 0 Å². The van der Waals surface area contributed by atoms with Gasteiger partial charge in [0.05, 0.1) is 11.4 Å². The van der Waals surface area contributed by atoms with Crippen molar-refractivity contribution in [2.24, 2.45) is 0 Å². The summed E-state index contributed by atoms with van der Waals surface area (Å²) in [5, 5.41) is 9.16. The largest absolute Gasteiger partial charge is 0.377 e. The topological polar surface area (TPSA) is 57.8 Å². The molecule has 4 rings (SSSR count). The molecule has 2 heterocycles. The lowest BCUT2D eigenvalue weighted by Gasteiger charge is -2.11.